The molecule has 11 nitrogen and oxygen atoms in total. The lowest BCUT2D eigenvalue weighted by atomic mass is 10.1. The number of hydrogen-bond donors (Lipinski definition) is 4. The number of aliphatic imine (C=N–C) groups is 1. The van der Waals surface area contributed by atoms with Crippen molar-refractivity contribution in [2.75, 3.05) is 20.1 Å². The Balaban J connectivity index is 1.53. The average molecular weight is 524 g/mol. The van der Waals surface area contributed by atoms with E-state index < -0.39 is 5.91 Å². The van der Waals surface area contributed by atoms with E-state index in [0.29, 0.717) is 22.4 Å². The standard InChI is InChI=1S/C28H25N7O4/c1-35-12-11-32-28(35)19-3-2-4-20(13-19)38-23-15-24(39-22-14-18(25(29)30)9-10-21(22)36)34-27(33-23)17-7-5-16(6-8-17)26(31)37/h2-10,13-15,36H,11-12H2,1H3,(H3,29,30)(H2,31,37). The Labute approximate surface area is 223 Å². The van der Waals surface area contributed by atoms with Gasteiger partial charge >= 0.3 is 0 Å². The number of nitrogens with zero attached hydrogens (tertiary/aromatic N) is 4. The zero-order valence-corrected chi connectivity index (χ0v) is 21.0. The van der Waals surface area contributed by atoms with E-state index in [1.807, 2.05) is 25.2 Å². The van der Waals surface area contributed by atoms with Crippen LogP contribution in [0.1, 0.15) is 21.5 Å². The molecule has 0 spiro atoms. The molecule has 1 aliphatic rings. The molecule has 0 atom stereocenters. The molecule has 11 heteroatoms. The van der Waals surface area contributed by atoms with Crippen LogP contribution < -0.4 is 20.9 Å². The second-order valence-electron chi connectivity index (χ2n) is 8.76. The molecule has 0 bridgehead atoms. The average Bonchev–Trinajstić information content (AvgIpc) is 3.35. The number of carbonyl (C=O) groups is 1. The van der Waals surface area contributed by atoms with Crippen LogP contribution >= 0.6 is 0 Å². The normalized spacial score (nSPS) is 12.6. The van der Waals surface area contributed by atoms with E-state index in [-0.39, 0.29) is 34.9 Å². The Bertz CT molecular complexity index is 1600. The van der Waals surface area contributed by atoms with Gasteiger partial charge in [0.2, 0.25) is 17.7 Å². The van der Waals surface area contributed by atoms with Crippen molar-refractivity contribution < 1.29 is 19.4 Å². The van der Waals surface area contributed by atoms with Gasteiger partial charge in [0.15, 0.2) is 17.3 Å². The molecule has 3 aromatic carbocycles. The molecule has 6 N–H and O–H groups in total. The number of nitrogens with one attached hydrogen (secondary N) is 1. The molecule has 0 saturated carbocycles. The molecule has 1 aromatic heterocycles. The summed E-state index contributed by atoms with van der Waals surface area (Å²) >= 11 is 0. The van der Waals surface area contributed by atoms with Crippen molar-refractivity contribution in [1.29, 1.82) is 5.41 Å². The minimum Gasteiger partial charge on any atom is -0.504 e. The van der Waals surface area contributed by atoms with E-state index in [2.05, 4.69) is 19.9 Å². The van der Waals surface area contributed by atoms with Crippen molar-refractivity contribution in [2.45, 2.75) is 0 Å². The van der Waals surface area contributed by atoms with Gasteiger partial charge in [0.1, 0.15) is 17.4 Å². The van der Waals surface area contributed by atoms with Gasteiger partial charge < -0.3 is 30.9 Å². The molecule has 0 fully saturated rings. The molecule has 4 aromatic rings. The van der Waals surface area contributed by atoms with Gasteiger partial charge in [0.25, 0.3) is 0 Å². The third kappa shape index (κ3) is 5.62. The minimum atomic E-state index is -0.554. The van der Waals surface area contributed by atoms with Crippen LogP contribution in [-0.4, -0.2) is 57.7 Å². The first kappa shape index (κ1) is 25.2. The second kappa shape index (κ2) is 10.5. The second-order valence-corrected chi connectivity index (χ2v) is 8.76. The predicted molar refractivity (Wildman–Crippen MR) is 146 cm³/mol. The maximum atomic E-state index is 11.5. The van der Waals surface area contributed by atoms with E-state index in [1.165, 1.54) is 24.3 Å². The van der Waals surface area contributed by atoms with Gasteiger partial charge in [-0.2, -0.15) is 9.97 Å². The van der Waals surface area contributed by atoms with E-state index >= 15 is 0 Å². The number of aromatic nitrogens is 2. The highest BCUT2D eigenvalue weighted by atomic mass is 16.5. The number of carbonyl (C=O) groups excluding carboxylic acids is 1. The number of hydrogen-bond acceptors (Lipinski definition) is 9. The molecule has 0 saturated heterocycles. The van der Waals surface area contributed by atoms with Crippen molar-refractivity contribution in [3.05, 3.63) is 89.5 Å². The molecule has 196 valence electrons. The number of amides is 1. The number of ether oxygens (including phenoxy) is 2. The van der Waals surface area contributed by atoms with Gasteiger partial charge in [-0.05, 0) is 42.5 Å². The third-order valence-corrected chi connectivity index (χ3v) is 5.97. The van der Waals surface area contributed by atoms with E-state index in [4.69, 9.17) is 26.4 Å². The van der Waals surface area contributed by atoms with Crippen LogP contribution in [0.4, 0.5) is 0 Å². The highest BCUT2D eigenvalue weighted by Crippen LogP contribution is 2.34. The minimum absolute atomic E-state index is 0.0478. The summed E-state index contributed by atoms with van der Waals surface area (Å²) in [5.74, 6) is 1.04. The summed E-state index contributed by atoms with van der Waals surface area (Å²) in [5, 5.41) is 18.0. The van der Waals surface area contributed by atoms with Crippen molar-refractivity contribution in [2.24, 2.45) is 16.5 Å². The van der Waals surface area contributed by atoms with Gasteiger partial charge in [0, 0.05) is 35.8 Å². The van der Waals surface area contributed by atoms with Crippen LogP contribution in [0.15, 0.2) is 77.8 Å². The number of aromatic hydroxyl groups is 1. The number of nitrogens with two attached hydrogens (primary N) is 2. The smallest absolute Gasteiger partial charge is 0.248 e. The molecule has 39 heavy (non-hydrogen) atoms. The maximum absolute atomic E-state index is 11.5. The maximum Gasteiger partial charge on any atom is 0.248 e. The summed E-state index contributed by atoms with van der Waals surface area (Å²) in [4.78, 5) is 27.1. The van der Waals surface area contributed by atoms with E-state index in [9.17, 15) is 9.90 Å². The zero-order chi connectivity index (χ0) is 27.5. The summed E-state index contributed by atoms with van der Waals surface area (Å²) in [6.45, 7) is 1.59. The van der Waals surface area contributed by atoms with E-state index in [0.717, 1.165) is 24.5 Å². The number of likely N-dealkylation sites (N-methyl/N-ethyl adjacent to an activating group) is 1. The molecule has 0 aliphatic carbocycles. The lowest BCUT2D eigenvalue weighted by Gasteiger charge is -2.15. The van der Waals surface area contributed by atoms with Crippen molar-refractivity contribution in [3.8, 4) is 40.4 Å². The Hall–Kier alpha value is -5.45. The number of phenols is 1. The summed E-state index contributed by atoms with van der Waals surface area (Å²) in [5.41, 5.74) is 13.1. The molecular formula is C28H25N7O4. The fourth-order valence-corrected chi connectivity index (χ4v) is 3.96. The number of phenolic OH excluding ortho intramolecular Hbond substituents is 1. The molecule has 2 heterocycles. The Kier molecular flexibility index (Phi) is 6.79. The van der Waals surface area contributed by atoms with Crippen LogP contribution in [0.2, 0.25) is 0 Å². The summed E-state index contributed by atoms with van der Waals surface area (Å²) in [6, 6.07) is 19.7. The fourth-order valence-electron chi connectivity index (χ4n) is 3.96. The van der Waals surface area contributed by atoms with Crippen molar-refractivity contribution in [3.63, 3.8) is 0 Å². The quantitative estimate of drug-likeness (QED) is 0.200. The topological polar surface area (TPSA) is 173 Å². The monoisotopic (exact) mass is 523 g/mol. The van der Waals surface area contributed by atoms with Gasteiger partial charge in [-0.25, -0.2) is 0 Å². The van der Waals surface area contributed by atoms with Crippen LogP contribution in [0.25, 0.3) is 11.4 Å². The number of amidine groups is 2. The molecule has 1 amide bonds. The summed E-state index contributed by atoms with van der Waals surface area (Å²) < 4.78 is 12.0. The van der Waals surface area contributed by atoms with Gasteiger partial charge in [-0.15, -0.1) is 0 Å². The zero-order valence-electron chi connectivity index (χ0n) is 21.0. The van der Waals surface area contributed by atoms with Gasteiger partial charge in [0.05, 0.1) is 12.6 Å². The summed E-state index contributed by atoms with van der Waals surface area (Å²) in [7, 11) is 1.99. The summed E-state index contributed by atoms with van der Waals surface area (Å²) in [6.07, 6.45) is 0. The van der Waals surface area contributed by atoms with Crippen LogP contribution in [0, 0.1) is 5.41 Å². The fraction of sp³-hybridized carbons (Fsp3) is 0.107. The number of benzene rings is 3. The predicted octanol–water partition coefficient (Wildman–Crippen LogP) is 3.51. The van der Waals surface area contributed by atoms with E-state index in [1.54, 1.807) is 30.3 Å². The molecule has 0 radical (unpaired) electrons. The Morgan fingerprint density at radius 3 is 2.31 bits per heavy atom. The SMILES string of the molecule is CN1CCN=C1c1cccc(Oc2cc(Oc3cc(C(=N)N)ccc3O)nc(-c3ccc(C(N)=O)cc3)n2)c1. The van der Waals surface area contributed by atoms with Gasteiger partial charge in [-0.3, -0.25) is 15.2 Å². The Morgan fingerprint density at radius 1 is 0.923 bits per heavy atom. The van der Waals surface area contributed by atoms with Crippen LogP contribution in [0.3, 0.4) is 0 Å². The highest BCUT2D eigenvalue weighted by molar-refractivity contribution is 6.00. The third-order valence-electron chi connectivity index (χ3n) is 5.97. The first-order chi connectivity index (χ1) is 18.8. The van der Waals surface area contributed by atoms with Crippen molar-refractivity contribution in [1.82, 2.24) is 14.9 Å². The molecule has 0 unspecified atom stereocenters. The lowest BCUT2D eigenvalue weighted by molar-refractivity contribution is 0.100. The number of nitrogen functional groups attached to an aromatic ring is 1. The first-order valence-electron chi connectivity index (χ1n) is 12.0. The van der Waals surface area contributed by atoms with Crippen LogP contribution in [-0.2, 0) is 0 Å². The highest BCUT2D eigenvalue weighted by Gasteiger charge is 2.17. The molecule has 5 rings (SSSR count). The van der Waals surface area contributed by atoms with Crippen molar-refractivity contribution >= 4 is 17.6 Å². The number of primary amides is 1. The lowest BCUT2D eigenvalue weighted by Crippen LogP contribution is -2.23. The largest absolute Gasteiger partial charge is 0.504 e. The first-order valence-corrected chi connectivity index (χ1v) is 12.0. The number of rotatable bonds is 8. The molecular weight excluding hydrogens is 498 g/mol. The van der Waals surface area contributed by atoms with Crippen LogP contribution in [0.5, 0.6) is 29.0 Å². The molecule has 1 aliphatic heterocycles. The van der Waals surface area contributed by atoms with Gasteiger partial charge in [-0.1, -0.05) is 24.3 Å². The Morgan fingerprint density at radius 2 is 1.64 bits per heavy atom.